The molecule has 1 amide bonds. The highest BCUT2D eigenvalue weighted by molar-refractivity contribution is 6.02. The summed E-state index contributed by atoms with van der Waals surface area (Å²) < 4.78 is 37.7. The predicted octanol–water partition coefficient (Wildman–Crippen LogP) is 5.49. The first-order valence-electron chi connectivity index (χ1n) is 9.13. The summed E-state index contributed by atoms with van der Waals surface area (Å²) in [7, 11) is 0. The molecule has 0 spiro atoms. The number of pyridine rings is 1. The van der Waals surface area contributed by atoms with Gasteiger partial charge in [0.25, 0.3) is 5.91 Å². The van der Waals surface area contributed by atoms with Gasteiger partial charge in [-0.1, -0.05) is 25.7 Å². The van der Waals surface area contributed by atoms with Crippen LogP contribution >= 0.6 is 0 Å². The second kappa shape index (κ2) is 8.41. The lowest BCUT2D eigenvalue weighted by Crippen LogP contribution is -2.19. The minimum absolute atomic E-state index is 0.210. The van der Waals surface area contributed by atoms with Crippen LogP contribution in [0.15, 0.2) is 42.6 Å². The number of carbonyl (C=O) groups is 1. The van der Waals surface area contributed by atoms with Crippen molar-refractivity contribution in [1.29, 1.82) is 0 Å². The van der Waals surface area contributed by atoms with Gasteiger partial charge in [-0.05, 0) is 49.2 Å². The molecule has 0 atom stereocenters. The number of amides is 1. The van der Waals surface area contributed by atoms with E-state index in [4.69, 9.17) is 0 Å². The number of anilines is 2. The second-order valence-corrected chi connectivity index (χ2v) is 6.79. The molecule has 4 nitrogen and oxygen atoms in total. The Hall–Kier alpha value is -2.57. The number of aromatic nitrogens is 1. The smallest absolute Gasteiger partial charge is 0.381 e. The van der Waals surface area contributed by atoms with Crippen molar-refractivity contribution in [1.82, 2.24) is 4.98 Å². The monoisotopic (exact) mass is 377 g/mol. The zero-order valence-corrected chi connectivity index (χ0v) is 14.9. The second-order valence-electron chi connectivity index (χ2n) is 6.79. The van der Waals surface area contributed by atoms with E-state index in [-0.39, 0.29) is 11.4 Å². The van der Waals surface area contributed by atoms with Crippen LogP contribution in [0.2, 0.25) is 0 Å². The molecule has 1 aromatic carbocycles. The maximum atomic E-state index is 12.6. The van der Waals surface area contributed by atoms with Crippen molar-refractivity contribution in [2.24, 2.45) is 0 Å². The third-order valence-electron chi connectivity index (χ3n) is 4.69. The highest BCUT2D eigenvalue weighted by Crippen LogP contribution is 2.30. The van der Waals surface area contributed by atoms with Crippen molar-refractivity contribution in [2.75, 3.05) is 10.6 Å². The number of halogens is 3. The van der Waals surface area contributed by atoms with E-state index in [1.54, 1.807) is 18.3 Å². The first-order valence-corrected chi connectivity index (χ1v) is 9.13. The van der Waals surface area contributed by atoms with Gasteiger partial charge in [-0.3, -0.25) is 4.79 Å². The SMILES string of the molecule is O=C(Nc1ccc(C(F)(F)F)cc1)c1ccc(NC2CCCCCC2)cn1. The summed E-state index contributed by atoms with van der Waals surface area (Å²) in [6.45, 7) is 0. The maximum Gasteiger partial charge on any atom is 0.416 e. The summed E-state index contributed by atoms with van der Waals surface area (Å²) in [5.74, 6) is -0.462. The lowest BCUT2D eigenvalue weighted by Gasteiger charge is -2.17. The molecule has 1 heterocycles. The quantitative estimate of drug-likeness (QED) is 0.693. The number of benzene rings is 1. The zero-order valence-electron chi connectivity index (χ0n) is 14.9. The zero-order chi connectivity index (χ0) is 19.3. The van der Waals surface area contributed by atoms with Gasteiger partial charge in [0.2, 0.25) is 0 Å². The normalized spacial score (nSPS) is 15.8. The van der Waals surface area contributed by atoms with Crippen LogP contribution in [0.25, 0.3) is 0 Å². The lowest BCUT2D eigenvalue weighted by atomic mass is 10.1. The molecule has 0 radical (unpaired) electrons. The lowest BCUT2D eigenvalue weighted by molar-refractivity contribution is -0.137. The van der Waals surface area contributed by atoms with Crippen LogP contribution in [-0.2, 0) is 6.18 Å². The number of hydrogen-bond donors (Lipinski definition) is 2. The fourth-order valence-electron chi connectivity index (χ4n) is 3.21. The van der Waals surface area contributed by atoms with Crippen molar-refractivity contribution in [3.8, 4) is 0 Å². The summed E-state index contributed by atoms with van der Waals surface area (Å²) in [6, 6.07) is 8.16. The van der Waals surface area contributed by atoms with Crippen molar-refractivity contribution in [3.05, 3.63) is 53.9 Å². The summed E-state index contributed by atoms with van der Waals surface area (Å²) in [5, 5.41) is 6.01. The Kier molecular flexibility index (Phi) is 5.98. The highest BCUT2D eigenvalue weighted by atomic mass is 19.4. The first kappa shape index (κ1) is 19.2. The molecule has 144 valence electrons. The molecule has 0 unspecified atom stereocenters. The summed E-state index contributed by atoms with van der Waals surface area (Å²) in [4.78, 5) is 16.4. The Morgan fingerprint density at radius 3 is 2.11 bits per heavy atom. The summed E-state index contributed by atoms with van der Waals surface area (Å²) >= 11 is 0. The van der Waals surface area contributed by atoms with Crippen LogP contribution in [0.3, 0.4) is 0 Å². The molecule has 2 N–H and O–H groups in total. The molecule has 0 saturated heterocycles. The Morgan fingerprint density at radius 1 is 0.926 bits per heavy atom. The van der Waals surface area contributed by atoms with Gasteiger partial charge in [0, 0.05) is 11.7 Å². The number of hydrogen-bond acceptors (Lipinski definition) is 3. The van der Waals surface area contributed by atoms with Gasteiger partial charge in [-0.15, -0.1) is 0 Å². The minimum atomic E-state index is -4.40. The van der Waals surface area contributed by atoms with E-state index >= 15 is 0 Å². The molecule has 3 rings (SSSR count). The fourth-order valence-corrected chi connectivity index (χ4v) is 3.21. The number of alkyl halides is 3. The van der Waals surface area contributed by atoms with Crippen molar-refractivity contribution >= 4 is 17.3 Å². The Labute approximate surface area is 156 Å². The highest BCUT2D eigenvalue weighted by Gasteiger charge is 2.30. The summed E-state index contributed by atoms with van der Waals surface area (Å²) in [6.07, 6.45) is 4.49. The molecule has 0 bridgehead atoms. The van der Waals surface area contributed by atoms with Crippen LogP contribution in [0.1, 0.15) is 54.6 Å². The minimum Gasteiger partial charge on any atom is -0.381 e. The molecular formula is C20H22F3N3O. The van der Waals surface area contributed by atoms with E-state index in [0.717, 1.165) is 30.7 Å². The maximum absolute atomic E-state index is 12.6. The molecule has 1 saturated carbocycles. The Bertz CT molecular complexity index is 750. The average Bonchev–Trinajstić information content (AvgIpc) is 2.91. The topological polar surface area (TPSA) is 54.0 Å². The molecular weight excluding hydrogens is 355 g/mol. The number of carbonyl (C=O) groups excluding carboxylic acids is 1. The molecule has 0 aliphatic heterocycles. The first-order chi connectivity index (χ1) is 12.9. The van der Waals surface area contributed by atoms with Gasteiger partial charge >= 0.3 is 6.18 Å². The number of nitrogens with zero attached hydrogens (tertiary/aromatic N) is 1. The molecule has 1 aliphatic rings. The Morgan fingerprint density at radius 2 is 1.56 bits per heavy atom. The number of nitrogens with one attached hydrogen (secondary N) is 2. The van der Waals surface area contributed by atoms with Gasteiger partial charge in [-0.2, -0.15) is 13.2 Å². The van der Waals surface area contributed by atoms with Crippen molar-refractivity contribution in [2.45, 2.75) is 50.7 Å². The average molecular weight is 377 g/mol. The molecule has 1 fully saturated rings. The van der Waals surface area contributed by atoms with E-state index in [9.17, 15) is 18.0 Å². The van der Waals surface area contributed by atoms with Crippen molar-refractivity contribution in [3.63, 3.8) is 0 Å². The van der Waals surface area contributed by atoms with Crippen LogP contribution in [0.5, 0.6) is 0 Å². The largest absolute Gasteiger partial charge is 0.416 e. The van der Waals surface area contributed by atoms with Gasteiger partial charge in [0.05, 0.1) is 17.4 Å². The Balaban J connectivity index is 1.58. The fraction of sp³-hybridized carbons (Fsp3) is 0.400. The van der Waals surface area contributed by atoms with E-state index in [0.29, 0.717) is 6.04 Å². The third kappa shape index (κ3) is 5.45. The third-order valence-corrected chi connectivity index (χ3v) is 4.69. The van der Waals surface area contributed by atoms with Gasteiger partial charge < -0.3 is 10.6 Å². The summed E-state index contributed by atoms with van der Waals surface area (Å²) in [5.41, 5.74) is 0.609. The predicted molar refractivity (Wildman–Crippen MR) is 98.7 cm³/mol. The van der Waals surface area contributed by atoms with E-state index in [1.165, 1.54) is 37.8 Å². The van der Waals surface area contributed by atoms with Crippen molar-refractivity contribution < 1.29 is 18.0 Å². The molecule has 1 aliphatic carbocycles. The van der Waals surface area contributed by atoms with Gasteiger partial charge in [0.1, 0.15) is 5.69 Å². The molecule has 7 heteroatoms. The number of rotatable bonds is 4. The van der Waals surface area contributed by atoms with E-state index < -0.39 is 17.6 Å². The standard InChI is InChI=1S/C20H22F3N3O/c21-20(22,23)14-7-9-16(10-8-14)26-19(27)18-12-11-17(13-24-18)25-15-5-3-1-2-4-6-15/h7-13,15,25H,1-6H2,(H,26,27). The van der Waals surface area contributed by atoms with Crippen LogP contribution in [-0.4, -0.2) is 16.9 Å². The van der Waals surface area contributed by atoms with E-state index in [2.05, 4.69) is 15.6 Å². The molecule has 27 heavy (non-hydrogen) atoms. The molecule has 1 aromatic heterocycles. The van der Waals surface area contributed by atoms with Crippen LogP contribution < -0.4 is 10.6 Å². The van der Waals surface area contributed by atoms with Crippen LogP contribution in [0.4, 0.5) is 24.5 Å². The van der Waals surface area contributed by atoms with Crippen LogP contribution in [0, 0.1) is 0 Å². The van der Waals surface area contributed by atoms with E-state index in [1.807, 2.05) is 0 Å². The van der Waals surface area contributed by atoms with Gasteiger partial charge in [0.15, 0.2) is 0 Å². The van der Waals surface area contributed by atoms with Gasteiger partial charge in [-0.25, -0.2) is 4.98 Å². The molecule has 2 aromatic rings.